The fourth-order valence-electron chi connectivity index (χ4n) is 1.95. The van der Waals surface area contributed by atoms with E-state index in [0.29, 0.717) is 18.7 Å². The molecule has 1 aromatic heterocycles. The third kappa shape index (κ3) is 1.77. The molecule has 14 heavy (non-hydrogen) atoms. The second-order valence-electron chi connectivity index (χ2n) is 3.69. The van der Waals surface area contributed by atoms with Crippen molar-refractivity contribution < 1.29 is 4.84 Å². The molecule has 0 aromatic carbocycles. The van der Waals surface area contributed by atoms with E-state index in [0.717, 1.165) is 13.0 Å². The van der Waals surface area contributed by atoms with E-state index in [1.807, 2.05) is 4.68 Å². The highest BCUT2D eigenvalue weighted by molar-refractivity contribution is 4.86. The predicted octanol–water partition coefficient (Wildman–Crippen LogP) is -0.586. The Morgan fingerprint density at radius 1 is 1.64 bits per heavy atom. The summed E-state index contributed by atoms with van der Waals surface area (Å²) in [6.07, 6.45) is 4.33. The lowest BCUT2D eigenvalue weighted by atomic mass is 10.2. The van der Waals surface area contributed by atoms with E-state index in [1.165, 1.54) is 0 Å². The molecule has 78 valence electrons. The van der Waals surface area contributed by atoms with Gasteiger partial charge in [0.2, 0.25) is 0 Å². The summed E-state index contributed by atoms with van der Waals surface area (Å²) in [5, 5.41) is 4.13. The summed E-state index contributed by atoms with van der Waals surface area (Å²) < 4.78 is 1.90. The van der Waals surface area contributed by atoms with Gasteiger partial charge in [0.25, 0.3) is 0 Å². The van der Waals surface area contributed by atoms with Crippen LogP contribution in [0.4, 0.5) is 0 Å². The Morgan fingerprint density at radius 2 is 2.50 bits per heavy atom. The first-order chi connectivity index (χ1) is 6.81. The largest absolute Gasteiger partial charge is 0.303 e. The fourth-order valence-corrected chi connectivity index (χ4v) is 1.95. The van der Waals surface area contributed by atoms with Crippen LogP contribution in [0.3, 0.4) is 0 Å². The van der Waals surface area contributed by atoms with Gasteiger partial charge in [-0.25, -0.2) is 15.6 Å². The first kappa shape index (κ1) is 9.57. The lowest BCUT2D eigenvalue weighted by Crippen LogP contribution is -2.30. The Balaban J connectivity index is 1.99. The summed E-state index contributed by atoms with van der Waals surface area (Å²) in [6.45, 7) is 1.54. The van der Waals surface area contributed by atoms with Gasteiger partial charge in [-0.3, -0.25) is 4.90 Å². The molecular formula is C8H15N5O. The van der Waals surface area contributed by atoms with Crippen molar-refractivity contribution in [3.8, 4) is 0 Å². The molecule has 0 spiro atoms. The number of aromatic nitrogens is 3. The number of likely N-dealkylation sites (N-methyl/N-ethyl adjacent to an activating group) is 1. The summed E-state index contributed by atoms with van der Waals surface area (Å²) in [7, 11) is 2.07. The summed E-state index contributed by atoms with van der Waals surface area (Å²) in [4.78, 5) is 10.9. The normalized spacial score (nSPS) is 28.4. The first-order valence-electron chi connectivity index (χ1n) is 4.67. The van der Waals surface area contributed by atoms with E-state index in [2.05, 4.69) is 26.9 Å². The van der Waals surface area contributed by atoms with Crippen LogP contribution in [0, 0.1) is 0 Å². The number of hydrogen-bond donors (Lipinski definition) is 1. The fraction of sp³-hybridized carbons (Fsp3) is 0.750. The minimum absolute atomic E-state index is 0.384. The van der Waals surface area contributed by atoms with Gasteiger partial charge >= 0.3 is 0 Å². The Kier molecular flexibility index (Phi) is 2.76. The zero-order valence-electron chi connectivity index (χ0n) is 8.21. The molecule has 2 rings (SSSR count). The average Bonchev–Trinajstić information content (AvgIpc) is 2.76. The van der Waals surface area contributed by atoms with Crippen molar-refractivity contribution in [2.24, 2.45) is 5.90 Å². The van der Waals surface area contributed by atoms with Crippen molar-refractivity contribution in [2.45, 2.75) is 18.5 Å². The van der Waals surface area contributed by atoms with E-state index in [1.54, 1.807) is 12.7 Å². The number of rotatable bonds is 3. The quantitative estimate of drug-likeness (QED) is 0.656. The minimum Gasteiger partial charge on any atom is -0.303 e. The van der Waals surface area contributed by atoms with Crippen LogP contribution in [-0.2, 0) is 4.84 Å². The number of nitrogens with zero attached hydrogens (tertiary/aromatic N) is 4. The third-order valence-corrected chi connectivity index (χ3v) is 2.77. The molecule has 1 aliphatic heterocycles. The highest BCUT2D eigenvalue weighted by Crippen LogP contribution is 2.24. The molecule has 0 amide bonds. The van der Waals surface area contributed by atoms with E-state index in [4.69, 9.17) is 5.90 Å². The van der Waals surface area contributed by atoms with Crippen LogP contribution < -0.4 is 5.90 Å². The zero-order chi connectivity index (χ0) is 9.97. The molecule has 0 saturated carbocycles. The zero-order valence-corrected chi connectivity index (χ0v) is 8.21. The summed E-state index contributed by atoms with van der Waals surface area (Å²) >= 11 is 0. The predicted molar refractivity (Wildman–Crippen MR) is 50.2 cm³/mol. The van der Waals surface area contributed by atoms with Gasteiger partial charge < -0.3 is 4.84 Å². The standard InChI is InChI=1S/C8H15N5O/c1-12-3-7(2-8(12)4-14-9)13-6-10-5-11-13/h5-8H,2-4,9H2,1H3/t7-,8-/m0/s1. The van der Waals surface area contributed by atoms with Gasteiger partial charge in [-0.1, -0.05) is 0 Å². The first-order valence-corrected chi connectivity index (χ1v) is 4.67. The van der Waals surface area contributed by atoms with Gasteiger partial charge in [0.05, 0.1) is 12.6 Å². The van der Waals surface area contributed by atoms with Crippen LogP contribution in [-0.4, -0.2) is 45.9 Å². The van der Waals surface area contributed by atoms with Gasteiger partial charge in [0, 0.05) is 12.6 Å². The van der Waals surface area contributed by atoms with Crippen molar-refractivity contribution in [1.82, 2.24) is 19.7 Å². The molecule has 6 heteroatoms. The molecule has 0 bridgehead atoms. The maximum absolute atomic E-state index is 5.07. The van der Waals surface area contributed by atoms with E-state index in [-0.39, 0.29) is 0 Å². The summed E-state index contributed by atoms with van der Waals surface area (Å²) in [6, 6.07) is 0.775. The third-order valence-electron chi connectivity index (χ3n) is 2.77. The molecule has 0 aliphatic carbocycles. The van der Waals surface area contributed by atoms with E-state index >= 15 is 0 Å². The molecule has 1 aliphatic rings. The Morgan fingerprint density at radius 3 is 3.14 bits per heavy atom. The van der Waals surface area contributed by atoms with Crippen LogP contribution in [0.15, 0.2) is 12.7 Å². The van der Waals surface area contributed by atoms with Crippen molar-refractivity contribution in [1.29, 1.82) is 0 Å². The Labute approximate surface area is 82.6 Å². The molecule has 0 unspecified atom stereocenters. The lowest BCUT2D eigenvalue weighted by Gasteiger charge is -2.16. The smallest absolute Gasteiger partial charge is 0.137 e. The van der Waals surface area contributed by atoms with E-state index < -0.39 is 0 Å². The highest BCUT2D eigenvalue weighted by atomic mass is 16.6. The molecule has 2 atom stereocenters. The van der Waals surface area contributed by atoms with Crippen molar-refractivity contribution in [2.75, 3.05) is 20.2 Å². The minimum atomic E-state index is 0.384. The highest BCUT2D eigenvalue weighted by Gasteiger charge is 2.30. The van der Waals surface area contributed by atoms with Crippen LogP contribution in [0.25, 0.3) is 0 Å². The van der Waals surface area contributed by atoms with Crippen LogP contribution in [0.2, 0.25) is 0 Å². The molecule has 1 aromatic rings. The second-order valence-corrected chi connectivity index (χ2v) is 3.69. The molecule has 2 N–H and O–H groups in total. The second kappa shape index (κ2) is 4.04. The van der Waals surface area contributed by atoms with Crippen LogP contribution in [0.1, 0.15) is 12.5 Å². The van der Waals surface area contributed by atoms with Crippen molar-refractivity contribution in [3.63, 3.8) is 0 Å². The van der Waals surface area contributed by atoms with Crippen LogP contribution in [0.5, 0.6) is 0 Å². The molecular weight excluding hydrogens is 182 g/mol. The molecule has 0 radical (unpaired) electrons. The molecule has 1 fully saturated rings. The van der Waals surface area contributed by atoms with Gasteiger partial charge in [-0.15, -0.1) is 0 Å². The van der Waals surface area contributed by atoms with Crippen molar-refractivity contribution >= 4 is 0 Å². The average molecular weight is 197 g/mol. The lowest BCUT2D eigenvalue weighted by molar-refractivity contribution is 0.0870. The van der Waals surface area contributed by atoms with Gasteiger partial charge in [-0.05, 0) is 13.5 Å². The molecule has 6 nitrogen and oxygen atoms in total. The number of likely N-dealkylation sites (tertiary alicyclic amines) is 1. The maximum Gasteiger partial charge on any atom is 0.137 e. The van der Waals surface area contributed by atoms with Crippen LogP contribution >= 0.6 is 0 Å². The Hall–Kier alpha value is -0.980. The van der Waals surface area contributed by atoms with Gasteiger partial charge in [-0.2, -0.15) is 5.10 Å². The van der Waals surface area contributed by atoms with Gasteiger partial charge in [0.1, 0.15) is 12.7 Å². The Bertz CT molecular complexity index is 275. The van der Waals surface area contributed by atoms with Gasteiger partial charge in [0.15, 0.2) is 0 Å². The topological polar surface area (TPSA) is 69.2 Å². The molecule has 1 saturated heterocycles. The van der Waals surface area contributed by atoms with E-state index in [9.17, 15) is 0 Å². The maximum atomic E-state index is 5.07. The monoisotopic (exact) mass is 197 g/mol. The SMILES string of the molecule is CN1C[C@@H](n2cncn2)C[C@H]1CON. The number of nitrogens with two attached hydrogens (primary N) is 1. The number of hydrogen-bond acceptors (Lipinski definition) is 5. The van der Waals surface area contributed by atoms with Crippen molar-refractivity contribution in [3.05, 3.63) is 12.7 Å². The molecule has 2 heterocycles. The summed E-state index contributed by atoms with van der Waals surface area (Å²) in [5.74, 6) is 5.07. The summed E-state index contributed by atoms with van der Waals surface area (Å²) in [5.41, 5.74) is 0.